The van der Waals surface area contributed by atoms with Gasteiger partial charge in [0, 0.05) is 42.8 Å². The molecule has 0 saturated heterocycles. The van der Waals surface area contributed by atoms with Crippen LogP contribution in [0.2, 0.25) is 0 Å². The Balaban J connectivity index is 1.43. The summed E-state index contributed by atoms with van der Waals surface area (Å²) in [7, 11) is 0. The number of hydrogen-bond acceptors (Lipinski definition) is 5. The number of carbonyl (C=O) groups is 1. The molecule has 1 atom stereocenters. The molecule has 0 aliphatic rings. The first-order valence-electron chi connectivity index (χ1n) is 11.1. The average Bonchev–Trinajstić information content (AvgIpc) is 3.51. The molecule has 8 nitrogen and oxygen atoms in total. The van der Waals surface area contributed by atoms with Gasteiger partial charge in [-0.25, -0.2) is 18.9 Å². The fraction of sp³-hybridized carbons (Fsp3) is 0.240. The van der Waals surface area contributed by atoms with Gasteiger partial charge in [0.05, 0.1) is 11.9 Å². The van der Waals surface area contributed by atoms with Gasteiger partial charge in [-0.15, -0.1) is 0 Å². The van der Waals surface area contributed by atoms with Crippen LogP contribution in [0.5, 0.6) is 0 Å². The number of aromatic nitrogens is 4. The Morgan fingerprint density at radius 2 is 2.03 bits per heavy atom. The molecule has 4 aromatic rings. The predicted molar refractivity (Wildman–Crippen MR) is 129 cm³/mol. The molecule has 0 spiro atoms. The summed E-state index contributed by atoms with van der Waals surface area (Å²) in [4.78, 5) is 19.1. The van der Waals surface area contributed by atoms with Gasteiger partial charge in [-0.1, -0.05) is 19.1 Å². The van der Waals surface area contributed by atoms with Crippen LogP contribution >= 0.6 is 0 Å². The van der Waals surface area contributed by atoms with Crippen LogP contribution in [0.3, 0.4) is 0 Å². The Hall–Kier alpha value is -4.14. The van der Waals surface area contributed by atoms with E-state index in [0.717, 1.165) is 22.4 Å². The molecule has 9 heteroatoms. The fourth-order valence-corrected chi connectivity index (χ4v) is 3.83. The van der Waals surface area contributed by atoms with Crippen LogP contribution in [-0.4, -0.2) is 36.9 Å². The molecule has 1 unspecified atom stereocenters. The minimum Gasteiger partial charge on any atom is -0.480 e. The topological polar surface area (TPSA) is 108 Å². The molecule has 0 fully saturated rings. The number of rotatable bonds is 10. The third-order valence-corrected chi connectivity index (χ3v) is 5.61. The van der Waals surface area contributed by atoms with E-state index in [9.17, 15) is 14.3 Å². The second-order valence-corrected chi connectivity index (χ2v) is 8.10. The zero-order valence-electron chi connectivity index (χ0n) is 19.0. The monoisotopic (exact) mass is 462 g/mol. The largest absolute Gasteiger partial charge is 0.480 e. The first-order chi connectivity index (χ1) is 16.4. The van der Waals surface area contributed by atoms with Gasteiger partial charge in [0.25, 0.3) is 0 Å². The van der Waals surface area contributed by atoms with Crippen molar-refractivity contribution in [1.29, 1.82) is 0 Å². The lowest BCUT2D eigenvalue weighted by Crippen LogP contribution is -2.32. The van der Waals surface area contributed by atoms with Gasteiger partial charge < -0.3 is 20.7 Å². The quantitative estimate of drug-likeness (QED) is 0.280. The third kappa shape index (κ3) is 5.43. The predicted octanol–water partition coefficient (Wildman–Crippen LogP) is 4.33. The van der Waals surface area contributed by atoms with E-state index < -0.39 is 12.0 Å². The SMILES string of the molecule is CCc1cc(F)cc(C)c1NC(Cc1ccc(-n2cc(CNc3ncc[nH]3)cn2)cc1)C(=O)O. The molecule has 0 radical (unpaired) electrons. The van der Waals surface area contributed by atoms with Crippen molar-refractivity contribution in [2.75, 3.05) is 10.6 Å². The summed E-state index contributed by atoms with van der Waals surface area (Å²) in [6.07, 6.45) is 8.03. The number of H-pyrrole nitrogens is 1. The van der Waals surface area contributed by atoms with Crippen molar-refractivity contribution in [2.24, 2.45) is 0 Å². The molecule has 2 aromatic carbocycles. The highest BCUT2D eigenvalue weighted by Crippen LogP contribution is 2.25. The molecule has 0 saturated carbocycles. The summed E-state index contributed by atoms with van der Waals surface area (Å²) < 4.78 is 15.5. The highest BCUT2D eigenvalue weighted by Gasteiger charge is 2.20. The molecule has 2 aromatic heterocycles. The minimum atomic E-state index is -0.962. The number of hydrogen-bond donors (Lipinski definition) is 4. The molecular formula is C25H27FN6O2. The maximum atomic E-state index is 13.8. The number of aryl methyl sites for hydroxylation is 2. The number of imidazole rings is 1. The van der Waals surface area contributed by atoms with Gasteiger partial charge in [0.1, 0.15) is 11.9 Å². The number of carboxylic acid groups (broad SMARTS) is 1. The van der Waals surface area contributed by atoms with Crippen molar-refractivity contribution < 1.29 is 14.3 Å². The van der Waals surface area contributed by atoms with Crippen molar-refractivity contribution in [1.82, 2.24) is 19.7 Å². The van der Waals surface area contributed by atoms with Crippen LogP contribution in [0.25, 0.3) is 5.69 Å². The van der Waals surface area contributed by atoms with Crippen LogP contribution in [0.1, 0.15) is 29.2 Å². The van der Waals surface area contributed by atoms with Crippen molar-refractivity contribution >= 4 is 17.6 Å². The summed E-state index contributed by atoms with van der Waals surface area (Å²) in [6.45, 7) is 4.28. The van der Waals surface area contributed by atoms with Crippen LogP contribution in [0, 0.1) is 12.7 Å². The molecule has 4 N–H and O–H groups in total. The van der Waals surface area contributed by atoms with Crippen molar-refractivity contribution in [3.63, 3.8) is 0 Å². The summed E-state index contributed by atoms with van der Waals surface area (Å²) in [5.74, 6) is -0.586. The molecule has 176 valence electrons. The Morgan fingerprint density at radius 3 is 2.71 bits per heavy atom. The van der Waals surface area contributed by atoms with Gasteiger partial charge in [0.15, 0.2) is 5.95 Å². The fourth-order valence-electron chi connectivity index (χ4n) is 3.83. The van der Waals surface area contributed by atoms with Crippen LogP contribution in [-0.2, 0) is 24.2 Å². The lowest BCUT2D eigenvalue weighted by Gasteiger charge is -2.20. The zero-order chi connectivity index (χ0) is 24.1. The Labute approximate surface area is 196 Å². The zero-order valence-corrected chi connectivity index (χ0v) is 19.0. The molecule has 0 aliphatic carbocycles. The highest BCUT2D eigenvalue weighted by atomic mass is 19.1. The van der Waals surface area contributed by atoms with E-state index in [2.05, 4.69) is 25.7 Å². The number of aliphatic carboxylic acids is 1. The lowest BCUT2D eigenvalue weighted by atomic mass is 10.0. The number of aromatic amines is 1. The van der Waals surface area contributed by atoms with E-state index in [1.165, 1.54) is 12.1 Å². The lowest BCUT2D eigenvalue weighted by molar-refractivity contribution is -0.137. The number of nitrogens with zero attached hydrogens (tertiary/aromatic N) is 3. The second-order valence-electron chi connectivity index (χ2n) is 8.10. The smallest absolute Gasteiger partial charge is 0.326 e. The van der Waals surface area contributed by atoms with E-state index in [4.69, 9.17) is 0 Å². The number of halogens is 1. The number of carboxylic acids is 1. The highest BCUT2D eigenvalue weighted by molar-refractivity contribution is 5.79. The summed E-state index contributed by atoms with van der Waals surface area (Å²) in [6, 6.07) is 9.63. The minimum absolute atomic E-state index is 0.285. The maximum absolute atomic E-state index is 13.8. The Kier molecular flexibility index (Phi) is 6.91. The molecule has 34 heavy (non-hydrogen) atoms. The van der Waals surface area contributed by atoms with Gasteiger partial charge in [-0.2, -0.15) is 5.10 Å². The average molecular weight is 463 g/mol. The third-order valence-electron chi connectivity index (χ3n) is 5.61. The van der Waals surface area contributed by atoms with Crippen LogP contribution in [0.15, 0.2) is 61.2 Å². The first kappa shape index (κ1) is 23.0. The molecule has 0 amide bonds. The van der Waals surface area contributed by atoms with Crippen LogP contribution < -0.4 is 10.6 Å². The van der Waals surface area contributed by atoms with Gasteiger partial charge in [-0.3, -0.25) is 0 Å². The van der Waals surface area contributed by atoms with E-state index in [1.807, 2.05) is 37.4 Å². The molecule has 0 bridgehead atoms. The molecule has 2 heterocycles. The standard InChI is InChI=1S/C25H27FN6O2/c1-3-19-12-20(26)10-16(2)23(19)31-22(24(33)34)11-17-4-6-21(7-5-17)32-15-18(14-30-32)13-29-25-27-8-9-28-25/h4-10,12,14-15,22,31H,3,11,13H2,1-2H3,(H,33,34)(H2,27,28,29). The van der Waals surface area contributed by atoms with Gasteiger partial charge >= 0.3 is 5.97 Å². The summed E-state index contributed by atoms with van der Waals surface area (Å²) in [5.41, 5.74) is 4.87. The molecule has 0 aliphatic heterocycles. The Bertz CT molecular complexity index is 1250. The van der Waals surface area contributed by atoms with Crippen LogP contribution in [0.4, 0.5) is 16.0 Å². The second kappa shape index (κ2) is 10.2. The number of benzene rings is 2. The van der Waals surface area contributed by atoms with Gasteiger partial charge in [0.2, 0.25) is 0 Å². The van der Waals surface area contributed by atoms with E-state index in [1.54, 1.807) is 30.2 Å². The maximum Gasteiger partial charge on any atom is 0.326 e. The summed E-state index contributed by atoms with van der Waals surface area (Å²) >= 11 is 0. The van der Waals surface area contributed by atoms with E-state index in [0.29, 0.717) is 30.2 Å². The molecular weight excluding hydrogens is 435 g/mol. The summed E-state index contributed by atoms with van der Waals surface area (Å²) in [5, 5.41) is 20.5. The first-order valence-corrected chi connectivity index (χ1v) is 11.1. The number of anilines is 2. The Morgan fingerprint density at radius 1 is 1.24 bits per heavy atom. The van der Waals surface area contributed by atoms with Crippen molar-refractivity contribution in [3.05, 3.63) is 89.3 Å². The van der Waals surface area contributed by atoms with Gasteiger partial charge in [-0.05, 0) is 54.3 Å². The molecule has 4 rings (SSSR count). The van der Waals surface area contributed by atoms with Crippen molar-refractivity contribution in [2.45, 2.75) is 39.3 Å². The normalized spacial score (nSPS) is 11.9. The van der Waals surface area contributed by atoms with E-state index in [-0.39, 0.29) is 12.2 Å². The van der Waals surface area contributed by atoms with E-state index >= 15 is 0 Å². The number of nitrogens with one attached hydrogen (secondary N) is 3. The van der Waals surface area contributed by atoms with Crippen molar-refractivity contribution in [3.8, 4) is 5.69 Å².